The Hall–Kier alpha value is -1.70. The Labute approximate surface area is 120 Å². The minimum Gasteiger partial charge on any atom is -0.354 e. The molecule has 96 valence electrons. The van der Waals surface area contributed by atoms with E-state index in [1.807, 2.05) is 18.4 Å². The number of benzene rings is 2. The molecule has 0 radical (unpaired) electrons. The molecule has 1 N–H and O–H groups in total. The predicted molar refractivity (Wildman–Crippen MR) is 77.6 cm³/mol. The van der Waals surface area contributed by atoms with Crippen LogP contribution in [0.3, 0.4) is 0 Å². The van der Waals surface area contributed by atoms with Gasteiger partial charge in [-0.25, -0.2) is 4.39 Å². The molecule has 0 saturated heterocycles. The van der Waals surface area contributed by atoms with Gasteiger partial charge in [0.1, 0.15) is 11.9 Å². The maximum Gasteiger partial charge on any atom is 0.126 e. The third-order valence-corrected chi connectivity index (χ3v) is 3.50. The normalized spacial score (nSPS) is 10.0. The zero-order valence-corrected chi connectivity index (χ0v) is 11.6. The Morgan fingerprint density at radius 3 is 2.74 bits per heavy atom. The zero-order chi connectivity index (χ0) is 13.8. The summed E-state index contributed by atoms with van der Waals surface area (Å²) in [6, 6.07) is 11.8. The Morgan fingerprint density at radius 2 is 2.11 bits per heavy atom. The maximum absolute atomic E-state index is 13.3. The zero-order valence-electron chi connectivity index (χ0n) is 10.1. The van der Waals surface area contributed by atoms with Crippen LogP contribution < -0.4 is 5.32 Å². The lowest BCUT2D eigenvalue weighted by atomic mass is 10.2. The molecule has 0 amide bonds. The van der Waals surface area contributed by atoms with Gasteiger partial charge in [0.05, 0.1) is 11.3 Å². The van der Waals surface area contributed by atoms with Crippen molar-refractivity contribution in [2.24, 2.45) is 0 Å². The van der Waals surface area contributed by atoms with Gasteiger partial charge in [-0.2, -0.15) is 5.26 Å². The molecule has 0 saturated carbocycles. The fraction of sp³-hybridized carbons (Fsp3) is 0.0714. The Morgan fingerprint density at radius 1 is 1.32 bits per heavy atom. The number of hydrogen-bond donors (Lipinski definition) is 1. The van der Waals surface area contributed by atoms with Gasteiger partial charge in [0.25, 0.3) is 0 Å². The molecule has 19 heavy (non-hydrogen) atoms. The van der Waals surface area contributed by atoms with E-state index in [-0.39, 0.29) is 0 Å². The molecule has 0 aliphatic carbocycles. The molecule has 0 fully saturated rings. The fourth-order valence-corrected chi connectivity index (χ4v) is 2.50. The van der Waals surface area contributed by atoms with Crippen molar-refractivity contribution in [3.8, 4) is 6.07 Å². The largest absolute Gasteiger partial charge is 0.354 e. The molecule has 0 unspecified atom stereocenters. The van der Waals surface area contributed by atoms with Crippen LogP contribution in [0.1, 0.15) is 5.56 Å². The lowest BCUT2D eigenvalue weighted by molar-refractivity contribution is 0.628. The van der Waals surface area contributed by atoms with Crippen molar-refractivity contribution >= 4 is 34.7 Å². The van der Waals surface area contributed by atoms with E-state index >= 15 is 0 Å². The van der Waals surface area contributed by atoms with E-state index in [9.17, 15) is 9.65 Å². The van der Waals surface area contributed by atoms with Crippen molar-refractivity contribution < 1.29 is 4.39 Å². The number of hydrogen-bond acceptors (Lipinski definition) is 3. The second-order valence-corrected chi connectivity index (χ2v) is 5.06. The summed E-state index contributed by atoms with van der Waals surface area (Å²) in [6.45, 7) is 0. The van der Waals surface area contributed by atoms with Gasteiger partial charge in [-0.1, -0.05) is 17.7 Å². The summed E-state index contributed by atoms with van der Waals surface area (Å²) in [7, 11) is 0. The number of thioether (sulfide) groups is 1. The van der Waals surface area contributed by atoms with Crippen LogP contribution in [-0.4, -0.2) is 6.26 Å². The van der Waals surface area contributed by atoms with E-state index in [2.05, 4.69) is 11.4 Å². The molecule has 2 aromatic rings. The molecule has 0 heterocycles. The van der Waals surface area contributed by atoms with Crippen LogP contribution in [0.25, 0.3) is 0 Å². The predicted octanol–water partition coefficient (Wildman–Crippen LogP) is 4.82. The summed E-state index contributed by atoms with van der Waals surface area (Å²) in [5.41, 5.74) is 1.69. The van der Waals surface area contributed by atoms with Gasteiger partial charge >= 0.3 is 0 Å². The second-order valence-electron chi connectivity index (χ2n) is 3.78. The molecule has 0 aromatic heterocycles. The van der Waals surface area contributed by atoms with Gasteiger partial charge in [0.2, 0.25) is 0 Å². The molecule has 0 bridgehead atoms. The third kappa shape index (κ3) is 3.19. The van der Waals surface area contributed by atoms with Crippen LogP contribution >= 0.6 is 23.4 Å². The summed E-state index contributed by atoms with van der Waals surface area (Å²) in [4.78, 5) is 0.870. The van der Waals surface area contributed by atoms with Gasteiger partial charge in [-0.3, -0.25) is 0 Å². The van der Waals surface area contributed by atoms with Crippen LogP contribution in [0.2, 0.25) is 5.02 Å². The number of anilines is 2. The van der Waals surface area contributed by atoms with E-state index in [1.54, 1.807) is 12.1 Å². The Kier molecular flexibility index (Phi) is 4.31. The van der Waals surface area contributed by atoms with Gasteiger partial charge in [-0.15, -0.1) is 11.8 Å². The highest BCUT2D eigenvalue weighted by molar-refractivity contribution is 7.98. The van der Waals surface area contributed by atoms with Crippen molar-refractivity contribution in [2.75, 3.05) is 11.6 Å². The second kappa shape index (κ2) is 5.96. The lowest BCUT2D eigenvalue weighted by Crippen LogP contribution is -1.95. The number of nitrogens with zero attached hydrogens (tertiary/aromatic N) is 1. The van der Waals surface area contributed by atoms with Gasteiger partial charge in [0, 0.05) is 15.6 Å². The summed E-state index contributed by atoms with van der Waals surface area (Å²) in [6.07, 6.45) is 1.90. The first kappa shape index (κ1) is 13.7. The van der Waals surface area contributed by atoms with Crippen molar-refractivity contribution in [2.45, 2.75) is 4.90 Å². The third-order valence-electron chi connectivity index (χ3n) is 2.50. The number of nitriles is 1. The van der Waals surface area contributed by atoms with E-state index in [4.69, 9.17) is 11.6 Å². The molecule has 2 aromatic carbocycles. The average molecular weight is 293 g/mol. The van der Waals surface area contributed by atoms with E-state index < -0.39 is 5.82 Å². The molecule has 0 aliphatic rings. The monoisotopic (exact) mass is 292 g/mol. The topological polar surface area (TPSA) is 35.8 Å². The van der Waals surface area contributed by atoms with Gasteiger partial charge < -0.3 is 5.32 Å². The molecule has 5 heteroatoms. The molecule has 0 spiro atoms. The van der Waals surface area contributed by atoms with Crippen LogP contribution in [-0.2, 0) is 0 Å². The minimum atomic E-state index is -0.422. The van der Waals surface area contributed by atoms with Crippen molar-refractivity contribution in [3.63, 3.8) is 0 Å². The van der Waals surface area contributed by atoms with Crippen molar-refractivity contribution in [3.05, 3.63) is 52.8 Å². The van der Waals surface area contributed by atoms with E-state index in [0.29, 0.717) is 22.0 Å². The van der Waals surface area contributed by atoms with Crippen LogP contribution in [0.4, 0.5) is 15.8 Å². The molecule has 2 rings (SSSR count). The molecule has 0 aliphatic heterocycles. The van der Waals surface area contributed by atoms with Crippen LogP contribution in [0.5, 0.6) is 0 Å². The van der Waals surface area contributed by atoms with Crippen molar-refractivity contribution in [1.29, 1.82) is 5.26 Å². The molecule has 2 nitrogen and oxygen atoms in total. The summed E-state index contributed by atoms with van der Waals surface area (Å²) < 4.78 is 13.3. The lowest BCUT2D eigenvalue weighted by Gasteiger charge is -2.11. The SMILES string of the molecule is CSc1cccc(Nc2cc(F)cc(Cl)c2)c1C#N. The summed E-state index contributed by atoms with van der Waals surface area (Å²) in [5, 5.41) is 12.5. The first-order valence-electron chi connectivity index (χ1n) is 5.44. The molecular weight excluding hydrogens is 283 g/mol. The van der Waals surface area contributed by atoms with Crippen LogP contribution in [0.15, 0.2) is 41.3 Å². The van der Waals surface area contributed by atoms with E-state index in [1.165, 1.54) is 23.9 Å². The first-order valence-corrected chi connectivity index (χ1v) is 7.04. The van der Waals surface area contributed by atoms with E-state index in [0.717, 1.165) is 4.90 Å². The number of rotatable bonds is 3. The van der Waals surface area contributed by atoms with Gasteiger partial charge in [0.15, 0.2) is 0 Å². The highest BCUT2D eigenvalue weighted by atomic mass is 35.5. The highest BCUT2D eigenvalue weighted by Gasteiger charge is 2.08. The van der Waals surface area contributed by atoms with Gasteiger partial charge in [-0.05, 0) is 36.6 Å². The Balaban J connectivity index is 2.41. The number of nitrogens with one attached hydrogen (secondary N) is 1. The standard InChI is InChI=1S/C14H10ClFN2S/c1-19-14-4-2-3-13(12(14)8-17)18-11-6-9(15)5-10(16)7-11/h2-7,18H,1H3. The highest BCUT2D eigenvalue weighted by Crippen LogP contribution is 2.29. The maximum atomic E-state index is 13.3. The Bertz CT molecular complexity index is 632. The molecule has 0 atom stereocenters. The molecular formula is C14H10ClFN2S. The number of halogens is 2. The van der Waals surface area contributed by atoms with Crippen LogP contribution in [0, 0.1) is 17.1 Å². The average Bonchev–Trinajstić information content (AvgIpc) is 2.37. The first-order chi connectivity index (χ1) is 9.13. The summed E-state index contributed by atoms with van der Waals surface area (Å²) in [5.74, 6) is -0.422. The quantitative estimate of drug-likeness (QED) is 0.824. The summed E-state index contributed by atoms with van der Waals surface area (Å²) >= 11 is 7.29. The fourth-order valence-electron chi connectivity index (χ4n) is 1.70. The van der Waals surface area contributed by atoms with Crippen molar-refractivity contribution in [1.82, 2.24) is 0 Å². The minimum absolute atomic E-state index is 0.307. The smallest absolute Gasteiger partial charge is 0.126 e.